The molecule has 4 rings (SSSR count). The summed E-state index contributed by atoms with van der Waals surface area (Å²) in [6.45, 7) is 2.21. The number of imide groups is 1. The molecule has 2 aromatic rings. The van der Waals surface area contributed by atoms with E-state index < -0.39 is 6.03 Å². The van der Waals surface area contributed by atoms with Crippen molar-refractivity contribution < 1.29 is 14.0 Å². The van der Waals surface area contributed by atoms with E-state index in [1.807, 2.05) is 23.7 Å². The van der Waals surface area contributed by atoms with Gasteiger partial charge in [0.05, 0.1) is 11.2 Å². The van der Waals surface area contributed by atoms with E-state index in [9.17, 15) is 14.0 Å². The van der Waals surface area contributed by atoms with Crippen LogP contribution in [0.2, 0.25) is 0 Å². The van der Waals surface area contributed by atoms with Gasteiger partial charge in [0.25, 0.3) is 0 Å². The maximum atomic E-state index is 14.7. The lowest BCUT2D eigenvalue weighted by molar-refractivity contribution is -0.120. The van der Waals surface area contributed by atoms with Crippen LogP contribution in [0.25, 0.3) is 10.9 Å². The molecular weight excluding hydrogens is 323 g/mol. The Kier molecular flexibility index (Phi) is 3.95. The van der Waals surface area contributed by atoms with Gasteiger partial charge in [0.2, 0.25) is 5.91 Å². The smallest absolute Gasteiger partial charge is 0.328 e. The molecule has 0 radical (unpaired) electrons. The fourth-order valence-corrected chi connectivity index (χ4v) is 3.87. The Hall–Kier alpha value is -2.41. The zero-order valence-corrected chi connectivity index (χ0v) is 14.1. The molecule has 1 aromatic heterocycles. The number of halogens is 1. The molecule has 2 fully saturated rings. The summed E-state index contributed by atoms with van der Waals surface area (Å²) < 4.78 is 16.7. The number of rotatable bonds is 2. The Morgan fingerprint density at radius 3 is 2.64 bits per heavy atom. The molecular formula is C18H21FN4O2. The van der Waals surface area contributed by atoms with E-state index in [0.29, 0.717) is 17.0 Å². The number of nitrogens with one attached hydrogen (secondary N) is 2. The van der Waals surface area contributed by atoms with Crippen LogP contribution in [0, 0.1) is 5.82 Å². The van der Waals surface area contributed by atoms with Crippen LogP contribution in [0.3, 0.4) is 0 Å². The predicted octanol–water partition coefficient (Wildman–Crippen LogP) is 2.23. The molecule has 2 aliphatic heterocycles. The standard InChI is InChI=1S/C18H21FN4O2/c1-22-15(11-2-5-20-6-3-11)10-13-14(19)8-12(9-16(13)22)23-7-4-17(24)21-18(23)25/h8-11,20H,2-7H2,1H3,(H,21,24,25). The van der Waals surface area contributed by atoms with Crippen LogP contribution < -0.4 is 15.5 Å². The number of aryl methyl sites for hydroxylation is 1. The summed E-state index contributed by atoms with van der Waals surface area (Å²) in [5.74, 6) is -0.222. The van der Waals surface area contributed by atoms with E-state index in [1.165, 1.54) is 11.0 Å². The van der Waals surface area contributed by atoms with Crippen LogP contribution in [0.15, 0.2) is 18.2 Å². The summed E-state index contributed by atoms with van der Waals surface area (Å²) >= 11 is 0. The Bertz CT molecular complexity index is 854. The lowest BCUT2D eigenvalue weighted by Crippen LogP contribution is -2.49. The van der Waals surface area contributed by atoms with Crippen molar-refractivity contribution in [1.29, 1.82) is 0 Å². The SMILES string of the molecule is Cn1c(C2CCNCC2)cc2c(F)cc(N3CCC(=O)NC3=O)cc21. The number of hydrogen-bond donors (Lipinski definition) is 2. The molecule has 2 N–H and O–H groups in total. The second kappa shape index (κ2) is 6.15. The number of benzene rings is 1. The van der Waals surface area contributed by atoms with E-state index >= 15 is 0 Å². The molecule has 6 nitrogen and oxygen atoms in total. The number of amides is 3. The highest BCUT2D eigenvalue weighted by Gasteiger charge is 2.26. The van der Waals surface area contributed by atoms with Gasteiger partial charge < -0.3 is 9.88 Å². The number of urea groups is 1. The first kappa shape index (κ1) is 16.1. The highest BCUT2D eigenvalue weighted by Crippen LogP contribution is 2.33. The lowest BCUT2D eigenvalue weighted by atomic mass is 9.94. The molecule has 0 bridgehead atoms. The maximum absolute atomic E-state index is 14.7. The molecule has 2 saturated heterocycles. The second-order valence-electron chi connectivity index (χ2n) is 6.77. The fourth-order valence-electron chi connectivity index (χ4n) is 3.87. The summed E-state index contributed by atoms with van der Waals surface area (Å²) in [6, 6.07) is 4.65. The molecule has 25 heavy (non-hydrogen) atoms. The van der Waals surface area contributed by atoms with Crippen molar-refractivity contribution in [2.75, 3.05) is 24.5 Å². The van der Waals surface area contributed by atoms with E-state index in [0.717, 1.165) is 37.1 Å². The number of fused-ring (bicyclic) bond motifs is 1. The minimum Gasteiger partial charge on any atom is -0.347 e. The van der Waals surface area contributed by atoms with Crippen molar-refractivity contribution in [2.24, 2.45) is 7.05 Å². The third-order valence-corrected chi connectivity index (χ3v) is 5.26. The highest BCUT2D eigenvalue weighted by atomic mass is 19.1. The molecule has 0 saturated carbocycles. The lowest BCUT2D eigenvalue weighted by Gasteiger charge is -2.26. The Morgan fingerprint density at radius 1 is 1.16 bits per heavy atom. The molecule has 1 aromatic carbocycles. The predicted molar refractivity (Wildman–Crippen MR) is 93.2 cm³/mol. The van der Waals surface area contributed by atoms with Crippen molar-refractivity contribution in [3.8, 4) is 0 Å². The Balaban J connectivity index is 1.75. The van der Waals surface area contributed by atoms with Crippen LogP contribution in [0.1, 0.15) is 30.9 Å². The minimum absolute atomic E-state index is 0.221. The van der Waals surface area contributed by atoms with Crippen LogP contribution >= 0.6 is 0 Å². The van der Waals surface area contributed by atoms with Gasteiger partial charge >= 0.3 is 6.03 Å². The first-order valence-electron chi connectivity index (χ1n) is 8.65. The monoisotopic (exact) mass is 344 g/mol. The van der Waals surface area contributed by atoms with Crippen molar-refractivity contribution in [3.63, 3.8) is 0 Å². The molecule has 3 amide bonds. The summed E-state index contributed by atoms with van der Waals surface area (Å²) in [6.07, 6.45) is 2.30. The van der Waals surface area contributed by atoms with Crippen molar-refractivity contribution in [1.82, 2.24) is 15.2 Å². The van der Waals surface area contributed by atoms with Crippen LogP contribution in [0.4, 0.5) is 14.9 Å². The van der Waals surface area contributed by atoms with Gasteiger partial charge in [0.1, 0.15) is 5.82 Å². The highest BCUT2D eigenvalue weighted by molar-refractivity contribution is 6.06. The normalized spacial score (nSPS) is 19.5. The van der Waals surface area contributed by atoms with Gasteiger partial charge in [-0.25, -0.2) is 9.18 Å². The second-order valence-corrected chi connectivity index (χ2v) is 6.77. The fraction of sp³-hybridized carbons (Fsp3) is 0.444. The molecule has 0 atom stereocenters. The molecule has 3 heterocycles. The third kappa shape index (κ3) is 2.78. The molecule has 0 unspecified atom stereocenters. The van der Waals surface area contributed by atoms with E-state index in [1.54, 1.807) is 0 Å². The van der Waals surface area contributed by atoms with E-state index in [4.69, 9.17) is 0 Å². The Labute approximate surface area is 145 Å². The van der Waals surface area contributed by atoms with Gasteiger partial charge in [-0.05, 0) is 44.1 Å². The van der Waals surface area contributed by atoms with E-state index in [-0.39, 0.29) is 24.7 Å². The van der Waals surface area contributed by atoms with Gasteiger partial charge in [0.15, 0.2) is 0 Å². The summed E-state index contributed by atoms with van der Waals surface area (Å²) in [5.41, 5.74) is 2.38. The first-order valence-corrected chi connectivity index (χ1v) is 8.65. The zero-order valence-electron chi connectivity index (χ0n) is 14.1. The average Bonchev–Trinajstić information content (AvgIpc) is 2.93. The molecule has 2 aliphatic rings. The topological polar surface area (TPSA) is 66.4 Å². The zero-order chi connectivity index (χ0) is 17.6. The molecule has 7 heteroatoms. The molecule has 0 aliphatic carbocycles. The number of carbonyl (C=O) groups excluding carboxylic acids is 2. The number of hydrogen-bond acceptors (Lipinski definition) is 3. The number of carbonyl (C=O) groups is 2. The summed E-state index contributed by atoms with van der Waals surface area (Å²) in [4.78, 5) is 24.8. The Morgan fingerprint density at radius 2 is 1.92 bits per heavy atom. The van der Waals surface area contributed by atoms with Gasteiger partial charge in [-0.3, -0.25) is 15.0 Å². The van der Waals surface area contributed by atoms with Gasteiger partial charge in [0, 0.05) is 37.0 Å². The summed E-state index contributed by atoms with van der Waals surface area (Å²) in [5, 5.41) is 6.20. The quantitative estimate of drug-likeness (QED) is 0.878. The van der Waals surface area contributed by atoms with Gasteiger partial charge in [-0.1, -0.05) is 0 Å². The van der Waals surface area contributed by atoms with Crippen LogP contribution in [-0.2, 0) is 11.8 Å². The molecule has 0 spiro atoms. The number of nitrogens with zero attached hydrogens (tertiary/aromatic N) is 2. The average molecular weight is 344 g/mol. The minimum atomic E-state index is -0.497. The number of aromatic nitrogens is 1. The summed E-state index contributed by atoms with van der Waals surface area (Å²) in [7, 11) is 1.95. The van der Waals surface area contributed by atoms with Crippen LogP contribution in [0.5, 0.6) is 0 Å². The maximum Gasteiger partial charge on any atom is 0.328 e. The number of piperidine rings is 1. The van der Waals surface area contributed by atoms with Crippen LogP contribution in [-0.4, -0.2) is 36.1 Å². The molecule has 132 valence electrons. The van der Waals surface area contributed by atoms with Gasteiger partial charge in [-0.2, -0.15) is 0 Å². The van der Waals surface area contributed by atoms with Gasteiger partial charge in [-0.15, -0.1) is 0 Å². The number of anilines is 1. The van der Waals surface area contributed by atoms with Crippen molar-refractivity contribution in [3.05, 3.63) is 29.7 Å². The largest absolute Gasteiger partial charge is 0.347 e. The van der Waals surface area contributed by atoms with E-state index in [2.05, 4.69) is 10.6 Å². The first-order chi connectivity index (χ1) is 12.0. The van der Waals surface area contributed by atoms with Crippen molar-refractivity contribution >= 4 is 28.5 Å². The van der Waals surface area contributed by atoms with Crippen molar-refractivity contribution in [2.45, 2.75) is 25.2 Å². The third-order valence-electron chi connectivity index (χ3n) is 5.26.